The van der Waals surface area contributed by atoms with Gasteiger partial charge in [0.2, 0.25) is 0 Å². The summed E-state index contributed by atoms with van der Waals surface area (Å²) in [5.74, 6) is 0. The second-order valence-corrected chi connectivity index (χ2v) is 16.9. The average molecular weight is 746 g/mol. The first-order chi connectivity index (χ1) is 24.1. The molecule has 0 unspecified atom stereocenters. The Kier molecular flexibility index (Phi) is 20.8. The van der Waals surface area contributed by atoms with Crippen LogP contribution in [0.15, 0.2) is 94.4 Å². The first kappa shape index (κ1) is 47.6. The molecule has 0 aromatic heterocycles. The van der Waals surface area contributed by atoms with Crippen molar-refractivity contribution in [1.29, 1.82) is 0 Å². The van der Waals surface area contributed by atoms with Crippen molar-refractivity contribution in [2.45, 2.75) is 111 Å². The minimum Gasteiger partial charge on any atom is -0.846 e. The molecule has 0 heterocycles. The fourth-order valence-electron chi connectivity index (χ4n) is 5.91. The van der Waals surface area contributed by atoms with Crippen LogP contribution in [0.3, 0.4) is 0 Å². The van der Waals surface area contributed by atoms with E-state index in [1.807, 2.05) is 115 Å². The van der Waals surface area contributed by atoms with Gasteiger partial charge in [-0.15, -0.1) is 0 Å². The third kappa shape index (κ3) is 18.6. The van der Waals surface area contributed by atoms with E-state index in [0.717, 1.165) is 53.0 Å². The molecule has 0 atom stereocenters. The van der Waals surface area contributed by atoms with Gasteiger partial charge in [-0.1, -0.05) is 148 Å². The third-order valence-electron chi connectivity index (χ3n) is 8.29. The predicted molar refractivity (Wildman–Crippen MR) is 211 cm³/mol. The van der Waals surface area contributed by atoms with Crippen LogP contribution in [0.2, 0.25) is 0 Å². The summed E-state index contributed by atoms with van der Waals surface area (Å²) in [5, 5.41) is 35.7. The van der Waals surface area contributed by atoms with Crippen molar-refractivity contribution in [3.8, 4) is 0 Å². The van der Waals surface area contributed by atoms with Crippen LogP contribution >= 0.6 is 0 Å². The molecule has 0 spiro atoms. The first-order valence-corrected chi connectivity index (χ1v) is 19.3. The second-order valence-electron chi connectivity index (χ2n) is 15.9. The van der Waals surface area contributed by atoms with Gasteiger partial charge in [-0.25, -0.2) is 0 Å². The van der Waals surface area contributed by atoms with Crippen LogP contribution in [0.5, 0.6) is 0 Å². The van der Waals surface area contributed by atoms with Crippen LogP contribution in [0, 0.1) is 0 Å². The predicted octanol–water partition coefficient (Wildman–Crippen LogP) is 6.97. The molecule has 0 N–H and O–H groups in total. The Hall–Kier alpha value is -2.39. The third-order valence-corrected chi connectivity index (χ3v) is 9.11. The van der Waals surface area contributed by atoms with Crippen LogP contribution in [-0.4, -0.2) is 57.0 Å². The Bertz CT molecular complexity index is 1370. The standard InChI is InChI=1S/3C12H18NO.C9H13.Ti/c3*1-12(2,14)11-8-6-5-7-10(11)9-13(3)4;1-2-3-6-9-7-4-5-8-9;/h3*5-8H,9H2,1-4H3;4,7H,2-3,5-6H2,1H3;/q3*-1;;+3. The van der Waals surface area contributed by atoms with Crippen LogP contribution in [0.25, 0.3) is 0 Å². The fourth-order valence-corrected chi connectivity index (χ4v) is 6.42. The number of rotatable bonds is 12. The van der Waals surface area contributed by atoms with Gasteiger partial charge in [0, 0.05) is 19.6 Å². The molecule has 4 rings (SSSR count). The van der Waals surface area contributed by atoms with Crippen molar-refractivity contribution < 1.29 is 35.8 Å². The molecule has 0 fully saturated rings. The van der Waals surface area contributed by atoms with Crippen LogP contribution < -0.4 is 15.3 Å². The molecule has 7 heteroatoms. The van der Waals surface area contributed by atoms with Gasteiger partial charge in [0.15, 0.2) is 0 Å². The van der Waals surface area contributed by atoms with E-state index in [0.29, 0.717) is 0 Å². The number of hydrogen-bond donors (Lipinski definition) is 0. The maximum atomic E-state index is 11.9. The summed E-state index contributed by atoms with van der Waals surface area (Å²) < 4.78 is 1.58. The molecule has 284 valence electrons. The van der Waals surface area contributed by atoms with Gasteiger partial charge in [0.05, 0.1) is 0 Å². The quantitative estimate of drug-likeness (QED) is 0.187. The minimum atomic E-state index is -1.01. The van der Waals surface area contributed by atoms with Crippen molar-refractivity contribution in [3.05, 3.63) is 128 Å². The van der Waals surface area contributed by atoms with Gasteiger partial charge in [0.25, 0.3) is 0 Å². The van der Waals surface area contributed by atoms with Gasteiger partial charge in [-0.05, 0) is 59.0 Å². The molecule has 0 saturated carbocycles. The van der Waals surface area contributed by atoms with E-state index in [1.54, 1.807) is 51.0 Å². The molecule has 0 radical (unpaired) electrons. The van der Waals surface area contributed by atoms with Crippen molar-refractivity contribution in [2.75, 3.05) is 42.3 Å². The Morgan fingerprint density at radius 1 is 0.558 bits per heavy atom. The first-order valence-electron chi connectivity index (χ1n) is 18.5. The molecule has 3 aromatic rings. The average Bonchev–Trinajstić information content (AvgIpc) is 3.43. The number of nitrogens with zero attached hydrogens (tertiary/aromatic N) is 3. The molecule has 0 aliphatic heterocycles. The monoisotopic (exact) mass is 745 g/mol. The smallest absolute Gasteiger partial charge is 0.0230 e. The summed E-state index contributed by atoms with van der Waals surface area (Å²) in [7, 11) is 12.1. The molecule has 1 aliphatic carbocycles. The molecule has 6 nitrogen and oxygen atoms in total. The van der Waals surface area contributed by atoms with Gasteiger partial charge < -0.3 is 30.0 Å². The molecule has 52 heavy (non-hydrogen) atoms. The van der Waals surface area contributed by atoms with Crippen LogP contribution in [0.1, 0.15) is 108 Å². The van der Waals surface area contributed by atoms with E-state index in [2.05, 4.69) is 54.2 Å². The molecule has 0 bridgehead atoms. The molecular weight excluding hydrogens is 678 g/mol. The minimum absolute atomic E-state index is 0.821. The Labute approximate surface area is 329 Å². The van der Waals surface area contributed by atoms with Gasteiger partial charge >= 0.3 is 74.6 Å². The molecule has 0 amide bonds. The van der Waals surface area contributed by atoms with E-state index >= 15 is 0 Å². The summed E-state index contributed by atoms with van der Waals surface area (Å²) in [4.78, 5) is 6.22. The zero-order valence-corrected chi connectivity index (χ0v) is 36.2. The van der Waals surface area contributed by atoms with Crippen molar-refractivity contribution >= 4 is 0 Å². The van der Waals surface area contributed by atoms with E-state index in [4.69, 9.17) is 0 Å². The molecule has 1 aliphatic rings. The van der Waals surface area contributed by atoms with Crippen LogP contribution in [0.4, 0.5) is 0 Å². The summed E-state index contributed by atoms with van der Waals surface area (Å²) >= 11 is 2.24. The molecule has 3 aromatic carbocycles. The second kappa shape index (κ2) is 22.7. The fraction of sp³-hybridized carbons (Fsp3) is 0.511. The van der Waals surface area contributed by atoms with Gasteiger partial charge in [-0.3, -0.25) is 0 Å². The van der Waals surface area contributed by atoms with E-state index < -0.39 is 16.8 Å². The maximum absolute atomic E-state index is 11.9. The van der Waals surface area contributed by atoms with Gasteiger partial charge in [-0.2, -0.15) is 0 Å². The zero-order valence-electron chi connectivity index (χ0n) is 34.6. The number of hydrogen-bond acceptors (Lipinski definition) is 6. The normalized spacial score (nSPS) is 13.1. The number of benzene rings is 3. The van der Waals surface area contributed by atoms with Crippen molar-refractivity contribution in [1.82, 2.24) is 14.7 Å². The van der Waals surface area contributed by atoms with Crippen molar-refractivity contribution in [2.24, 2.45) is 0 Å². The van der Waals surface area contributed by atoms with E-state index in [1.165, 1.54) is 25.7 Å². The van der Waals surface area contributed by atoms with E-state index in [9.17, 15) is 15.3 Å². The zero-order chi connectivity index (χ0) is 39.7. The summed E-state index contributed by atoms with van der Waals surface area (Å²) in [5.41, 5.74) is 4.62. The summed E-state index contributed by atoms with van der Waals surface area (Å²) in [6, 6.07) is 23.6. The Morgan fingerprint density at radius 3 is 1.10 bits per heavy atom. The number of unbranched alkanes of at least 4 members (excludes halogenated alkanes) is 1. The Balaban J connectivity index is 0.000000349. The van der Waals surface area contributed by atoms with Gasteiger partial charge in [0.1, 0.15) is 0 Å². The number of allylic oxidation sites excluding steroid dienone is 4. The molecular formula is C45H67N3O3Ti. The largest absolute Gasteiger partial charge is 0.846 e. The summed E-state index contributed by atoms with van der Waals surface area (Å²) in [6.07, 6.45) is 9.69. The van der Waals surface area contributed by atoms with E-state index in [-0.39, 0.29) is 0 Å². The maximum Gasteiger partial charge on any atom is 0.0230 e. The SMILES string of the molecule is CCCCC1=[C]([Ti+3])CC=C1.CN(C)Cc1ccccc1C(C)(C)[O-].CN(C)Cc1ccccc1C(C)(C)[O-].CN(C)Cc1ccccc1C(C)(C)[O-]. The van der Waals surface area contributed by atoms with Crippen LogP contribution in [-0.2, 0) is 56.9 Å². The Morgan fingerprint density at radius 2 is 0.865 bits per heavy atom. The molecule has 0 saturated heterocycles. The topological polar surface area (TPSA) is 78.9 Å². The van der Waals surface area contributed by atoms with Crippen molar-refractivity contribution in [3.63, 3.8) is 0 Å². The summed E-state index contributed by atoms with van der Waals surface area (Å²) in [6.45, 7) is 15.0.